The summed E-state index contributed by atoms with van der Waals surface area (Å²) in [6, 6.07) is 1.84. The highest BCUT2D eigenvalue weighted by Crippen LogP contribution is 2.34. The summed E-state index contributed by atoms with van der Waals surface area (Å²) in [5.74, 6) is -1.67. The van der Waals surface area contributed by atoms with Crippen molar-refractivity contribution >= 4 is 34.2 Å². The van der Waals surface area contributed by atoms with E-state index in [1.54, 1.807) is 34.6 Å². The van der Waals surface area contributed by atoms with Crippen molar-refractivity contribution in [1.29, 1.82) is 0 Å². The minimum atomic E-state index is -0.676. The molecule has 0 saturated heterocycles. The van der Waals surface area contributed by atoms with Gasteiger partial charge in [0.05, 0.1) is 24.5 Å². The molecule has 0 aromatic carbocycles. The molecule has 192 valence electrons. The molecule has 0 aliphatic heterocycles. The molecular weight excluding hydrogens is 486 g/mol. The zero-order valence-electron chi connectivity index (χ0n) is 21.3. The van der Waals surface area contributed by atoms with E-state index in [1.807, 2.05) is 19.9 Å². The largest absolute Gasteiger partial charge is 0.462 e. The highest BCUT2D eigenvalue weighted by atomic mass is 32.1. The summed E-state index contributed by atoms with van der Waals surface area (Å²) < 4.78 is 12.9. The number of carbonyl (C=O) groups is 3. The molecule has 0 unspecified atom stereocenters. The maximum Gasteiger partial charge on any atom is 0.348 e. The lowest BCUT2D eigenvalue weighted by molar-refractivity contribution is -0.116. The minimum absolute atomic E-state index is 0.0718. The highest BCUT2D eigenvalue weighted by molar-refractivity contribution is 7.18. The van der Waals surface area contributed by atoms with Gasteiger partial charge in [0.1, 0.15) is 16.4 Å². The molecule has 0 fully saturated rings. The lowest BCUT2D eigenvalue weighted by atomic mass is 10.1. The van der Waals surface area contributed by atoms with Gasteiger partial charge in [0.2, 0.25) is 11.9 Å². The second-order valence-electron chi connectivity index (χ2n) is 8.10. The first-order valence-electron chi connectivity index (χ1n) is 11.4. The van der Waals surface area contributed by atoms with Crippen molar-refractivity contribution in [3.63, 3.8) is 0 Å². The topological polar surface area (TPSA) is 134 Å². The summed E-state index contributed by atoms with van der Waals surface area (Å²) >= 11 is 0.916. The fraction of sp³-hybridized carbons (Fsp3) is 0.417. The Balaban J connectivity index is 2.03. The van der Waals surface area contributed by atoms with Crippen LogP contribution in [-0.4, -0.2) is 50.4 Å². The van der Waals surface area contributed by atoms with Crippen molar-refractivity contribution in [3.8, 4) is 5.95 Å². The summed E-state index contributed by atoms with van der Waals surface area (Å²) in [4.78, 5) is 56.0. The fourth-order valence-corrected chi connectivity index (χ4v) is 4.73. The fourth-order valence-electron chi connectivity index (χ4n) is 3.63. The normalized spacial score (nSPS) is 10.9. The highest BCUT2D eigenvalue weighted by Gasteiger charge is 2.28. The average molecular weight is 516 g/mol. The van der Waals surface area contributed by atoms with E-state index in [9.17, 15) is 19.2 Å². The standard InChI is InChI=1S/C24H29N5O6S/c1-8-34-22(32)18-15(6)19(23(33)35-9-2)36-20(18)26-17(30)11-28-21(31)14(5)16(7)25-24(28)29-13(4)10-12(3)27-29/h10H,8-9,11H2,1-7H3,(H,26,30). The molecule has 3 aromatic heterocycles. The van der Waals surface area contributed by atoms with E-state index in [-0.39, 0.29) is 40.2 Å². The van der Waals surface area contributed by atoms with Crippen LogP contribution in [0.15, 0.2) is 10.9 Å². The number of nitrogens with zero attached hydrogens (tertiary/aromatic N) is 4. The van der Waals surface area contributed by atoms with E-state index in [0.717, 1.165) is 22.7 Å². The molecule has 36 heavy (non-hydrogen) atoms. The predicted octanol–water partition coefficient (Wildman–Crippen LogP) is 3.02. The molecule has 1 amide bonds. The molecular formula is C24H29N5O6S. The van der Waals surface area contributed by atoms with Gasteiger partial charge in [0.15, 0.2) is 0 Å². The second kappa shape index (κ2) is 10.9. The Hall–Kier alpha value is -3.80. The van der Waals surface area contributed by atoms with Gasteiger partial charge in [-0.2, -0.15) is 5.10 Å². The predicted molar refractivity (Wildman–Crippen MR) is 134 cm³/mol. The Morgan fingerprint density at radius 2 is 1.64 bits per heavy atom. The van der Waals surface area contributed by atoms with Crippen LogP contribution in [0.5, 0.6) is 0 Å². The van der Waals surface area contributed by atoms with Crippen molar-refractivity contribution in [2.24, 2.45) is 0 Å². The zero-order valence-corrected chi connectivity index (χ0v) is 22.2. The van der Waals surface area contributed by atoms with Gasteiger partial charge < -0.3 is 14.8 Å². The summed E-state index contributed by atoms with van der Waals surface area (Å²) in [5.41, 5.74) is 2.43. The number of amides is 1. The van der Waals surface area contributed by atoms with Crippen LogP contribution in [0, 0.1) is 34.6 Å². The van der Waals surface area contributed by atoms with Gasteiger partial charge in [-0.05, 0) is 60.1 Å². The molecule has 0 aliphatic rings. The number of aromatic nitrogens is 4. The van der Waals surface area contributed by atoms with E-state index >= 15 is 0 Å². The Kier molecular flexibility index (Phi) is 8.08. The maximum absolute atomic E-state index is 13.2. The summed E-state index contributed by atoms with van der Waals surface area (Å²) in [6.07, 6.45) is 0. The maximum atomic E-state index is 13.2. The smallest absolute Gasteiger partial charge is 0.348 e. The number of rotatable bonds is 8. The van der Waals surface area contributed by atoms with Crippen LogP contribution in [0.1, 0.15) is 62.1 Å². The first-order chi connectivity index (χ1) is 17.0. The summed E-state index contributed by atoms with van der Waals surface area (Å²) in [6.45, 7) is 11.8. The third-order valence-corrected chi connectivity index (χ3v) is 6.65. The lowest BCUT2D eigenvalue weighted by Gasteiger charge is -2.15. The van der Waals surface area contributed by atoms with Gasteiger partial charge in [-0.25, -0.2) is 19.3 Å². The van der Waals surface area contributed by atoms with Gasteiger partial charge in [-0.3, -0.25) is 14.2 Å². The number of hydrogen-bond acceptors (Lipinski definition) is 9. The number of anilines is 1. The lowest BCUT2D eigenvalue weighted by Crippen LogP contribution is -2.34. The number of thiophene rings is 1. The molecule has 0 radical (unpaired) electrons. The second-order valence-corrected chi connectivity index (χ2v) is 9.12. The van der Waals surface area contributed by atoms with Crippen molar-refractivity contribution in [2.45, 2.75) is 55.0 Å². The molecule has 12 heteroatoms. The van der Waals surface area contributed by atoms with E-state index in [4.69, 9.17) is 9.47 Å². The third kappa shape index (κ3) is 5.23. The Bertz CT molecular complexity index is 1400. The number of ether oxygens (including phenoxy) is 2. The monoisotopic (exact) mass is 515 g/mol. The van der Waals surface area contributed by atoms with Crippen LogP contribution in [0.4, 0.5) is 5.00 Å². The number of nitrogens with one attached hydrogen (secondary N) is 1. The zero-order chi connectivity index (χ0) is 26.7. The molecule has 0 bridgehead atoms. The van der Waals surface area contributed by atoms with Crippen LogP contribution >= 0.6 is 11.3 Å². The number of carbonyl (C=O) groups excluding carboxylic acids is 3. The van der Waals surface area contributed by atoms with Gasteiger partial charge in [0.25, 0.3) is 5.56 Å². The van der Waals surface area contributed by atoms with Crippen LogP contribution in [0.3, 0.4) is 0 Å². The van der Waals surface area contributed by atoms with E-state index < -0.39 is 24.4 Å². The Morgan fingerprint density at radius 3 is 2.22 bits per heavy atom. The van der Waals surface area contributed by atoms with Gasteiger partial charge >= 0.3 is 11.9 Å². The van der Waals surface area contributed by atoms with Crippen molar-refractivity contribution in [1.82, 2.24) is 19.3 Å². The number of esters is 2. The first kappa shape index (κ1) is 26.8. The summed E-state index contributed by atoms with van der Waals surface area (Å²) in [7, 11) is 0. The molecule has 3 heterocycles. The van der Waals surface area contributed by atoms with Gasteiger partial charge in [-0.1, -0.05) is 0 Å². The van der Waals surface area contributed by atoms with Gasteiger partial charge in [0, 0.05) is 17.0 Å². The van der Waals surface area contributed by atoms with Crippen LogP contribution in [0.25, 0.3) is 5.95 Å². The third-order valence-electron chi connectivity index (χ3n) is 5.46. The SMILES string of the molecule is CCOC(=O)c1sc(NC(=O)Cn2c(-n3nc(C)cc3C)nc(C)c(C)c2=O)c(C(=O)OCC)c1C. The molecule has 3 rings (SSSR count). The quantitative estimate of drug-likeness (QED) is 0.453. The average Bonchev–Trinajstić information content (AvgIpc) is 3.31. The Morgan fingerprint density at radius 1 is 1.00 bits per heavy atom. The van der Waals surface area contributed by atoms with Crippen LogP contribution < -0.4 is 10.9 Å². The van der Waals surface area contributed by atoms with Gasteiger partial charge in [-0.15, -0.1) is 11.3 Å². The molecule has 0 aliphatic carbocycles. The van der Waals surface area contributed by atoms with Crippen LogP contribution in [0.2, 0.25) is 0 Å². The molecule has 0 spiro atoms. The molecule has 3 aromatic rings. The number of hydrogen-bond donors (Lipinski definition) is 1. The van der Waals surface area contributed by atoms with E-state index in [1.165, 1.54) is 9.25 Å². The van der Waals surface area contributed by atoms with Crippen molar-refractivity contribution < 1.29 is 23.9 Å². The Labute approximate surface area is 212 Å². The minimum Gasteiger partial charge on any atom is -0.462 e. The number of aryl methyl sites for hydroxylation is 3. The first-order valence-corrected chi connectivity index (χ1v) is 12.2. The molecule has 11 nitrogen and oxygen atoms in total. The van der Waals surface area contributed by atoms with Crippen LogP contribution in [-0.2, 0) is 20.8 Å². The van der Waals surface area contributed by atoms with Crippen molar-refractivity contribution in [2.75, 3.05) is 18.5 Å². The molecule has 0 atom stereocenters. The van der Waals surface area contributed by atoms with Crippen molar-refractivity contribution in [3.05, 3.63) is 55.1 Å². The van der Waals surface area contributed by atoms with E-state index in [2.05, 4.69) is 15.4 Å². The summed E-state index contributed by atoms with van der Waals surface area (Å²) in [5, 5.41) is 7.21. The molecule has 1 N–H and O–H groups in total. The molecule has 0 saturated carbocycles. The van der Waals surface area contributed by atoms with E-state index in [0.29, 0.717) is 16.8 Å².